The summed E-state index contributed by atoms with van der Waals surface area (Å²) in [6.45, 7) is 2.77. The summed E-state index contributed by atoms with van der Waals surface area (Å²) >= 11 is 0. The molecule has 2 atom stereocenters. The van der Waals surface area contributed by atoms with E-state index in [0.29, 0.717) is 0 Å². The number of anilines is 1. The fraction of sp³-hybridized carbons (Fsp3) is 0.455. The molecule has 0 aliphatic rings. The Morgan fingerprint density at radius 2 is 2.35 bits per heavy atom. The molecule has 1 N–H and O–H groups in total. The van der Waals surface area contributed by atoms with Crippen LogP contribution >= 0.6 is 0 Å². The predicted octanol–water partition coefficient (Wildman–Crippen LogP) is 1.30. The maximum atomic E-state index is 11.2. The van der Waals surface area contributed by atoms with Crippen LogP contribution in [0.5, 0.6) is 0 Å². The zero-order valence-corrected chi connectivity index (χ0v) is 10.8. The molecule has 2 aromatic rings. The zero-order chi connectivity index (χ0) is 12.3. The van der Waals surface area contributed by atoms with Crippen LogP contribution in [0.15, 0.2) is 24.5 Å². The molecule has 2 heterocycles. The van der Waals surface area contributed by atoms with E-state index >= 15 is 0 Å². The van der Waals surface area contributed by atoms with Crippen molar-refractivity contribution in [1.29, 1.82) is 0 Å². The number of fused-ring (bicyclic) bond motifs is 1. The lowest BCUT2D eigenvalue weighted by molar-refractivity contribution is 0.672. The van der Waals surface area contributed by atoms with E-state index in [9.17, 15) is 4.21 Å². The summed E-state index contributed by atoms with van der Waals surface area (Å²) in [6, 6.07) is 3.74. The number of nitrogens with one attached hydrogen (secondary N) is 1. The van der Waals surface area contributed by atoms with Gasteiger partial charge in [-0.3, -0.25) is 4.21 Å². The lowest BCUT2D eigenvalue weighted by Gasteiger charge is -2.09. The molecule has 0 radical (unpaired) electrons. The van der Waals surface area contributed by atoms with Gasteiger partial charge in [-0.05, 0) is 12.5 Å². The standard InChI is InChI=1S/C11H16N4OS/c1-9(17(2)16)3-6-12-10-5-8-15-11(14-10)4-7-13-15/h4-5,7-9H,3,6H2,1-2H3,(H,12,14). The second-order valence-electron chi connectivity index (χ2n) is 3.97. The fourth-order valence-electron chi connectivity index (χ4n) is 1.48. The smallest absolute Gasteiger partial charge is 0.157 e. The van der Waals surface area contributed by atoms with E-state index in [1.54, 1.807) is 17.0 Å². The van der Waals surface area contributed by atoms with Crippen LogP contribution in [-0.2, 0) is 10.8 Å². The first kappa shape index (κ1) is 12.0. The van der Waals surface area contributed by atoms with Crippen LogP contribution in [0.2, 0.25) is 0 Å². The van der Waals surface area contributed by atoms with Gasteiger partial charge in [0.2, 0.25) is 0 Å². The first-order chi connectivity index (χ1) is 8.16. The van der Waals surface area contributed by atoms with E-state index in [0.717, 1.165) is 24.4 Å². The molecule has 2 aromatic heterocycles. The quantitative estimate of drug-likeness (QED) is 0.871. The summed E-state index contributed by atoms with van der Waals surface area (Å²) in [5.74, 6) is 0.826. The van der Waals surface area contributed by atoms with Crippen LogP contribution < -0.4 is 5.32 Å². The van der Waals surface area contributed by atoms with Crippen molar-refractivity contribution in [3.8, 4) is 0 Å². The number of hydrogen-bond donors (Lipinski definition) is 1. The fourth-order valence-corrected chi connectivity index (χ4v) is 1.93. The maximum absolute atomic E-state index is 11.2. The molecule has 0 saturated carbocycles. The highest BCUT2D eigenvalue weighted by Crippen LogP contribution is 2.06. The Morgan fingerprint density at radius 1 is 1.53 bits per heavy atom. The van der Waals surface area contributed by atoms with Crippen molar-refractivity contribution in [3.05, 3.63) is 24.5 Å². The van der Waals surface area contributed by atoms with E-state index in [4.69, 9.17) is 0 Å². The molecule has 0 fully saturated rings. The van der Waals surface area contributed by atoms with Gasteiger partial charge in [0.25, 0.3) is 0 Å². The minimum Gasteiger partial charge on any atom is -0.370 e. The Morgan fingerprint density at radius 3 is 3.12 bits per heavy atom. The van der Waals surface area contributed by atoms with Crippen molar-refractivity contribution in [3.63, 3.8) is 0 Å². The highest BCUT2D eigenvalue weighted by molar-refractivity contribution is 7.84. The summed E-state index contributed by atoms with van der Waals surface area (Å²) in [5.41, 5.74) is 0.821. The number of hydrogen-bond acceptors (Lipinski definition) is 4. The topological polar surface area (TPSA) is 59.3 Å². The van der Waals surface area contributed by atoms with Gasteiger partial charge in [-0.15, -0.1) is 0 Å². The summed E-state index contributed by atoms with van der Waals surface area (Å²) in [6.07, 6.45) is 6.19. The number of aromatic nitrogens is 3. The molecule has 0 aliphatic carbocycles. The van der Waals surface area contributed by atoms with Gasteiger partial charge in [-0.2, -0.15) is 5.10 Å². The molecular weight excluding hydrogens is 236 g/mol. The molecule has 92 valence electrons. The first-order valence-electron chi connectivity index (χ1n) is 5.53. The van der Waals surface area contributed by atoms with Gasteiger partial charge >= 0.3 is 0 Å². The molecule has 0 spiro atoms. The van der Waals surface area contributed by atoms with Crippen LogP contribution in [-0.4, -0.2) is 36.9 Å². The number of rotatable bonds is 5. The third-order valence-electron chi connectivity index (χ3n) is 2.68. The third-order valence-corrected chi connectivity index (χ3v) is 4.05. The number of nitrogens with zero attached hydrogens (tertiary/aromatic N) is 3. The molecule has 0 aromatic carbocycles. The molecule has 6 heteroatoms. The average molecular weight is 252 g/mol. The zero-order valence-electron chi connectivity index (χ0n) is 9.96. The summed E-state index contributed by atoms with van der Waals surface area (Å²) in [5, 5.41) is 7.51. The van der Waals surface area contributed by atoms with Crippen LogP contribution in [0.1, 0.15) is 13.3 Å². The molecule has 0 saturated heterocycles. The summed E-state index contributed by atoms with van der Waals surface area (Å²) < 4.78 is 12.9. The van der Waals surface area contributed by atoms with Crippen LogP contribution in [0.3, 0.4) is 0 Å². The largest absolute Gasteiger partial charge is 0.370 e. The Balaban J connectivity index is 1.92. The van der Waals surface area contributed by atoms with Crippen molar-refractivity contribution in [2.24, 2.45) is 0 Å². The van der Waals surface area contributed by atoms with E-state index < -0.39 is 10.8 Å². The molecule has 0 aliphatic heterocycles. The second-order valence-corrected chi connectivity index (χ2v) is 5.77. The van der Waals surface area contributed by atoms with Crippen molar-refractivity contribution >= 4 is 22.3 Å². The van der Waals surface area contributed by atoms with E-state index in [1.807, 2.05) is 25.3 Å². The Kier molecular flexibility index (Phi) is 3.73. The highest BCUT2D eigenvalue weighted by Gasteiger charge is 2.05. The minimum atomic E-state index is -0.759. The van der Waals surface area contributed by atoms with Crippen LogP contribution in [0, 0.1) is 0 Å². The lowest BCUT2D eigenvalue weighted by Crippen LogP contribution is -2.15. The third kappa shape index (κ3) is 3.03. The van der Waals surface area contributed by atoms with Crippen molar-refractivity contribution in [2.45, 2.75) is 18.6 Å². The normalized spacial score (nSPS) is 14.7. The van der Waals surface area contributed by atoms with Crippen LogP contribution in [0.25, 0.3) is 5.65 Å². The second kappa shape index (κ2) is 5.27. The molecule has 0 amide bonds. The van der Waals surface area contributed by atoms with Gasteiger partial charge in [0.15, 0.2) is 5.65 Å². The van der Waals surface area contributed by atoms with Gasteiger partial charge in [0.05, 0.1) is 6.20 Å². The van der Waals surface area contributed by atoms with Crippen molar-refractivity contribution in [2.75, 3.05) is 18.1 Å². The Bertz CT molecular complexity index is 525. The minimum absolute atomic E-state index is 0.209. The molecule has 5 nitrogen and oxygen atoms in total. The molecule has 2 unspecified atom stereocenters. The molecule has 2 rings (SSSR count). The molecule has 17 heavy (non-hydrogen) atoms. The van der Waals surface area contributed by atoms with E-state index in [2.05, 4.69) is 15.4 Å². The van der Waals surface area contributed by atoms with Gasteiger partial charge < -0.3 is 5.32 Å². The lowest BCUT2D eigenvalue weighted by atomic mass is 10.3. The Hall–Kier alpha value is -1.43. The van der Waals surface area contributed by atoms with Gasteiger partial charge in [-0.25, -0.2) is 9.50 Å². The van der Waals surface area contributed by atoms with Crippen molar-refractivity contribution in [1.82, 2.24) is 14.6 Å². The first-order valence-corrected chi connectivity index (χ1v) is 7.15. The van der Waals surface area contributed by atoms with E-state index in [1.165, 1.54) is 0 Å². The Labute approximate surface area is 103 Å². The molecule has 0 bridgehead atoms. The van der Waals surface area contributed by atoms with E-state index in [-0.39, 0.29) is 5.25 Å². The molecular formula is C11H16N4OS. The average Bonchev–Trinajstić information content (AvgIpc) is 2.75. The summed E-state index contributed by atoms with van der Waals surface area (Å²) in [4.78, 5) is 4.39. The predicted molar refractivity (Wildman–Crippen MR) is 69.6 cm³/mol. The van der Waals surface area contributed by atoms with Gasteiger partial charge in [0, 0.05) is 41.1 Å². The SMILES string of the molecule is CC(CCNc1ccn2nccc2n1)S(C)=O. The monoisotopic (exact) mass is 252 g/mol. The van der Waals surface area contributed by atoms with Gasteiger partial charge in [-0.1, -0.05) is 6.92 Å². The summed E-state index contributed by atoms with van der Waals surface area (Å²) in [7, 11) is -0.759. The van der Waals surface area contributed by atoms with Gasteiger partial charge in [0.1, 0.15) is 5.82 Å². The van der Waals surface area contributed by atoms with Crippen LogP contribution in [0.4, 0.5) is 5.82 Å². The maximum Gasteiger partial charge on any atom is 0.157 e. The van der Waals surface area contributed by atoms with Crippen molar-refractivity contribution < 1.29 is 4.21 Å². The highest BCUT2D eigenvalue weighted by atomic mass is 32.2.